The van der Waals surface area contributed by atoms with Gasteiger partial charge in [0.2, 0.25) is 0 Å². The van der Waals surface area contributed by atoms with Crippen LogP contribution in [0.25, 0.3) is 0 Å². The molecule has 2 rings (SSSR count). The van der Waals surface area contributed by atoms with Crippen LogP contribution in [0.5, 0.6) is 0 Å². The Balaban J connectivity index is 1.78. The molecule has 0 aromatic rings. The first kappa shape index (κ1) is 17.3. The maximum absolute atomic E-state index is 3.87. The molecule has 1 N–H and O–H groups in total. The molecule has 0 aliphatic heterocycles. The van der Waals surface area contributed by atoms with Gasteiger partial charge in [0.1, 0.15) is 0 Å². The fourth-order valence-corrected chi connectivity index (χ4v) is 5.28. The SMILES string of the molecule is C[C@H]1C[C@@H](CNC[C@@H]2C[C@H](C)C[C@H](C)[C@@H]2C)[C@@H](C)[C@@H](C)C1. The molecule has 1 heteroatoms. The van der Waals surface area contributed by atoms with Crippen molar-refractivity contribution in [3.63, 3.8) is 0 Å². The Morgan fingerprint density at radius 3 is 1.38 bits per heavy atom. The van der Waals surface area contributed by atoms with Crippen LogP contribution in [-0.4, -0.2) is 13.1 Å². The Bertz CT molecular complexity index is 283. The first-order valence-corrected chi connectivity index (χ1v) is 9.59. The molecular weight excluding hydrogens is 254 g/mol. The molecule has 0 aromatic heterocycles. The van der Waals surface area contributed by atoms with Gasteiger partial charge < -0.3 is 5.32 Å². The van der Waals surface area contributed by atoms with Crippen molar-refractivity contribution >= 4 is 0 Å². The highest BCUT2D eigenvalue weighted by molar-refractivity contribution is 4.84. The summed E-state index contributed by atoms with van der Waals surface area (Å²) in [5.74, 6) is 7.28. The van der Waals surface area contributed by atoms with E-state index < -0.39 is 0 Å². The number of hydrogen-bond acceptors (Lipinski definition) is 1. The highest BCUT2D eigenvalue weighted by atomic mass is 14.9. The Hall–Kier alpha value is -0.0400. The lowest BCUT2D eigenvalue weighted by atomic mass is 9.69. The summed E-state index contributed by atoms with van der Waals surface area (Å²) in [7, 11) is 0. The molecule has 0 unspecified atom stereocenters. The van der Waals surface area contributed by atoms with Gasteiger partial charge in [-0.25, -0.2) is 0 Å². The van der Waals surface area contributed by atoms with E-state index in [1.54, 1.807) is 0 Å². The van der Waals surface area contributed by atoms with E-state index in [1.807, 2.05) is 0 Å². The van der Waals surface area contributed by atoms with Gasteiger partial charge >= 0.3 is 0 Å². The van der Waals surface area contributed by atoms with Crippen LogP contribution >= 0.6 is 0 Å². The van der Waals surface area contributed by atoms with Gasteiger partial charge in [-0.05, 0) is 86.1 Å². The topological polar surface area (TPSA) is 12.0 Å². The monoisotopic (exact) mass is 293 g/mol. The fourth-order valence-electron chi connectivity index (χ4n) is 5.28. The molecule has 8 atom stereocenters. The maximum atomic E-state index is 3.87. The summed E-state index contributed by atoms with van der Waals surface area (Å²) in [6.45, 7) is 17.3. The van der Waals surface area contributed by atoms with Gasteiger partial charge in [0.25, 0.3) is 0 Å². The predicted molar refractivity (Wildman–Crippen MR) is 93.3 cm³/mol. The maximum Gasteiger partial charge on any atom is -0.00177 e. The highest BCUT2D eigenvalue weighted by Gasteiger charge is 2.32. The second-order valence-electron chi connectivity index (χ2n) is 9.00. The van der Waals surface area contributed by atoms with Crippen molar-refractivity contribution in [1.29, 1.82) is 0 Å². The average Bonchev–Trinajstić information content (AvgIpc) is 2.40. The molecule has 21 heavy (non-hydrogen) atoms. The van der Waals surface area contributed by atoms with Crippen LogP contribution in [0.3, 0.4) is 0 Å². The summed E-state index contributed by atoms with van der Waals surface area (Å²) in [4.78, 5) is 0. The Morgan fingerprint density at radius 2 is 1.00 bits per heavy atom. The quantitative estimate of drug-likeness (QED) is 0.750. The standard InChI is InChI=1S/C20H39N/c1-13-7-15(3)17(5)19(9-13)11-21-12-20-10-14(2)8-16(4)18(20)6/h13-21H,7-12H2,1-6H3/t13-,14-,15+,16+,17+,18+,19+,20+/m1/s1. The van der Waals surface area contributed by atoms with Crippen LogP contribution in [-0.2, 0) is 0 Å². The summed E-state index contributed by atoms with van der Waals surface area (Å²) >= 11 is 0. The van der Waals surface area contributed by atoms with Gasteiger partial charge in [-0.15, -0.1) is 0 Å². The van der Waals surface area contributed by atoms with Gasteiger partial charge in [-0.2, -0.15) is 0 Å². The van der Waals surface area contributed by atoms with E-state index >= 15 is 0 Å². The van der Waals surface area contributed by atoms with Gasteiger partial charge in [0.05, 0.1) is 0 Å². The van der Waals surface area contributed by atoms with Crippen LogP contribution in [0.2, 0.25) is 0 Å². The molecule has 0 aromatic carbocycles. The second-order valence-corrected chi connectivity index (χ2v) is 9.00. The first-order chi connectivity index (χ1) is 9.88. The lowest BCUT2D eigenvalue weighted by Gasteiger charge is -2.40. The van der Waals surface area contributed by atoms with Crippen molar-refractivity contribution < 1.29 is 0 Å². The molecule has 1 nitrogen and oxygen atoms in total. The number of nitrogens with one attached hydrogen (secondary N) is 1. The van der Waals surface area contributed by atoms with E-state index in [-0.39, 0.29) is 0 Å². The van der Waals surface area contributed by atoms with Gasteiger partial charge in [0, 0.05) is 0 Å². The van der Waals surface area contributed by atoms with E-state index in [0.717, 1.165) is 47.3 Å². The largest absolute Gasteiger partial charge is 0.316 e. The van der Waals surface area contributed by atoms with Crippen LogP contribution in [0.15, 0.2) is 0 Å². The smallest absolute Gasteiger partial charge is 0.00177 e. The normalized spacial score (nSPS) is 48.3. The molecule has 0 spiro atoms. The predicted octanol–water partition coefficient (Wildman–Crippen LogP) is 5.21. The van der Waals surface area contributed by atoms with Crippen LogP contribution in [0.1, 0.15) is 67.2 Å². The van der Waals surface area contributed by atoms with Gasteiger partial charge in [-0.3, -0.25) is 0 Å². The molecule has 0 radical (unpaired) electrons. The van der Waals surface area contributed by atoms with Crippen LogP contribution < -0.4 is 5.32 Å². The summed E-state index contributed by atoms with van der Waals surface area (Å²) in [6.07, 6.45) is 5.75. The van der Waals surface area contributed by atoms with Crippen molar-refractivity contribution in [2.45, 2.75) is 67.2 Å². The zero-order valence-electron chi connectivity index (χ0n) is 15.4. The van der Waals surface area contributed by atoms with Crippen molar-refractivity contribution in [3.8, 4) is 0 Å². The van der Waals surface area contributed by atoms with Crippen LogP contribution in [0.4, 0.5) is 0 Å². The molecule has 0 bridgehead atoms. The minimum atomic E-state index is 0.898. The fraction of sp³-hybridized carbons (Fsp3) is 1.00. The van der Waals surface area contributed by atoms with E-state index in [0.29, 0.717) is 0 Å². The molecule has 0 amide bonds. The Morgan fingerprint density at radius 1 is 0.619 bits per heavy atom. The molecule has 124 valence electrons. The Kier molecular flexibility index (Phi) is 6.17. The molecule has 2 fully saturated rings. The van der Waals surface area contributed by atoms with E-state index in [9.17, 15) is 0 Å². The second kappa shape index (κ2) is 7.49. The summed E-state index contributed by atoms with van der Waals surface area (Å²) < 4.78 is 0. The minimum absolute atomic E-state index is 0.898. The van der Waals surface area contributed by atoms with Gasteiger partial charge in [-0.1, -0.05) is 41.5 Å². The zero-order valence-corrected chi connectivity index (χ0v) is 15.4. The highest BCUT2D eigenvalue weighted by Crippen LogP contribution is 2.39. The third-order valence-corrected chi connectivity index (χ3v) is 7.05. The molecule has 0 saturated heterocycles. The van der Waals surface area contributed by atoms with E-state index in [4.69, 9.17) is 0 Å². The first-order valence-electron chi connectivity index (χ1n) is 9.59. The molecule has 2 aliphatic carbocycles. The average molecular weight is 294 g/mol. The third kappa shape index (κ3) is 4.47. The lowest BCUT2D eigenvalue weighted by Crippen LogP contribution is -2.40. The van der Waals surface area contributed by atoms with Crippen molar-refractivity contribution in [3.05, 3.63) is 0 Å². The Labute approximate surface area is 133 Å². The van der Waals surface area contributed by atoms with Crippen molar-refractivity contribution in [2.24, 2.45) is 47.3 Å². The lowest BCUT2D eigenvalue weighted by molar-refractivity contribution is 0.117. The van der Waals surface area contributed by atoms with Crippen molar-refractivity contribution in [1.82, 2.24) is 5.32 Å². The van der Waals surface area contributed by atoms with Gasteiger partial charge in [0.15, 0.2) is 0 Å². The number of hydrogen-bond donors (Lipinski definition) is 1. The van der Waals surface area contributed by atoms with Crippen LogP contribution in [0, 0.1) is 47.3 Å². The van der Waals surface area contributed by atoms with Crippen molar-refractivity contribution in [2.75, 3.05) is 13.1 Å². The summed E-state index contributed by atoms with van der Waals surface area (Å²) in [5.41, 5.74) is 0. The molecular formula is C20H39N. The summed E-state index contributed by atoms with van der Waals surface area (Å²) in [5, 5.41) is 3.87. The molecule has 2 aliphatic rings. The number of rotatable bonds is 4. The third-order valence-electron chi connectivity index (χ3n) is 7.05. The zero-order chi connectivity index (χ0) is 15.6. The minimum Gasteiger partial charge on any atom is -0.316 e. The molecule has 0 heterocycles. The summed E-state index contributed by atoms with van der Waals surface area (Å²) in [6, 6.07) is 0. The van der Waals surface area contributed by atoms with E-state index in [2.05, 4.69) is 46.9 Å². The molecule has 2 saturated carbocycles. The van der Waals surface area contributed by atoms with E-state index in [1.165, 1.54) is 38.8 Å².